The van der Waals surface area contributed by atoms with Gasteiger partial charge in [-0.3, -0.25) is 9.59 Å². The average molecular weight is 229 g/mol. The SMILES string of the molecule is CNC(=O)CNC(=O)N(CC(=O)O)C1CC1. The number of nitrogens with zero attached hydrogens (tertiary/aromatic N) is 1. The lowest BCUT2D eigenvalue weighted by atomic mass is 10.4. The number of carbonyl (C=O) groups excluding carboxylic acids is 2. The van der Waals surface area contributed by atoms with Crippen LogP contribution in [0.4, 0.5) is 4.79 Å². The number of likely N-dealkylation sites (N-methyl/N-ethyl adjacent to an activating group) is 1. The van der Waals surface area contributed by atoms with E-state index in [0.29, 0.717) is 0 Å². The molecule has 0 aromatic rings. The number of urea groups is 1. The van der Waals surface area contributed by atoms with E-state index < -0.39 is 12.0 Å². The summed E-state index contributed by atoms with van der Waals surface area (Å²) in [5.74, 6) is -1.37. The minimum Gasteiger partial charge on any atom is -0.480 e. The molecule has 1 saturated carbocycles. The molecule has 3 amide bonds. The Morgan fingerprint density at radius 1 is 1.38 bits per heavy atom. The van der Waals surface area contributed by atoms with Gasteiger partial charge in [-0.15, -0.1) is 0 Å². The number of carbonyl (C=O) groups is 3. The van der Waals surface area contributed by atoms with Crippen molar-refractivity contribution >= 4 is 17.9 Å². The van der Waals surface area contributed by atoms with Gasteiger partial charge in [0.05, 0.1) is 6.54 Å². The second-order valence-electron chi connectivity index (χ2n) is 3.58. The van der Waals surface area contributed by atoms with Crippen molar-refractivity contribution in [3.05, 3.63) is 0 Å². The van der Waals surface area contributed by atoms with Crippen LogP contribution >= 0.6 is 0 Å². The smallest absolute Gasteiger partial charge is 0.323 e. The Hall–Kier alpha value is -1.79. The summed E-state index contributed by atoms with van der Waals surface area (Å²) < 4.78 is 0. The lowest BCUT2D eigenvalue weighted by molar-refractivity contribution is -0.137. The minimum atomic E-state index is -1.05. The van der Waals surface area contributed by atoms with Crippen molar-refractivity contribution in [2.45, 2.75) is 18.9 Å². The second-order valence-corrected chi connectivity index (χ2v) is 3.58. The van der Waals surface area contributed by atoms with E-state index in [1.807, 2.05) is 0 Å². The van der Waals surface area contributed by atoms with Gasteiger partial charge < -0.3 is 20.6 Å². The van der Waals surface area contributed by atoms with Crippen LogP contribution in [-0.2, 0) is 9.59 Å². The number of hydrogen-bond donors (Lipinski definition) is 3. The summed E-state index contributed by atoms with van der Waals surface area (Å²) in [6.07, 6.45) is 1.64. The third kappa shape index (κ3) is 3.76. The van der Waals surface area contributed by atoms with Gasteiger partial charge in [0.25, 0.3) is 0 Å². The van der Waals surface area contributed by atoms with Crippen molar-refractivity contribution in [2.75, 3.05) is 20.1 Å². The Morgan fingerprint density at radius 3 is 2.44 bits per heavy atom. The van der Waals surface area contributed by atoms with Gasteiger partial charge in [-0.05, 0) is 12.8 Å². The molecular weight excluding hydrogens is 214 g/mol. The van der Waals surface area contributed by atoms with Gasteiger partial charge in [0, 0.05) is 13.1 Å². The third-order valence-corrected chi connectivity index (χ3v) is 2.23. The number of nitrogens with one attached hydrogen (secondary N) is 2. The standard InChI is InChI=1S/C9H15N3O4/c1-10-7(13)4-11-9(16)12(5-8(14)15)6-2-3-6/h6H,2-5H2,1H3,(H,10,13)(H,11,16)(H,14,15). The van der Waals surface area contributed by atoms with Crippen LogP contribution in [0.1, 0.15) is 12.8 Å². The highest BCUT2D eigenvalue weighted by Gasteiger charge is 2.33. The quantitative estimate of drug-likeness (QED) is 0.562. The van der Waals surface area contributed by atoms with Gasteiger partial charge in [0.1, 0.15) is 6.54 Å². The molecule has 0 aromatic carbocycles. The van der Waals surface area contributed by atoms with Crippen molar-refractivity contribution in [1.82, 2.24) is 15.5 Å². The molecule has 0 spiro atoms. The Kier molecular flexibility index (Phi) is 4.10. The van der Waals surface area contributed by atoms with E-state index in [1.54, 1.807) is 0 Å². The topological polar surface area (TPSA) is 98.7 Å². The van der Waals surface area contributed by atoms with E-state index in [2.05, 4.69) is 10.6 Å². The van der Waals surface area contributed by atoms with Crippen molar-refractivity contribution in [3.8, 4) is 0 Å². The molecule has 0 aliphatic heterocycles. The molecule has 0 aromatic heterocycles. The monoisotopic (exact) mass is 229 g/mol. The molecule has 90 valence electrons. The van der Waals surface area contributed by atoms with Crippen LogP contribution in [0.15, 0.2) is 0 Å². The zero-order valence-corrected chi connectivity index (χ0v) is 9.02. The van der Waals surface area contributed by atoms with E-state index in [4.69, 9.17) is 5.11 Å². The summed E-state index contributed by atoms with van der Waals surface area (Å²) in [4.78, 5) is 34.2. The van der Waals surface area contributed by atoms with Crippen LogP contribution in [0.2, 0.25) is 0 Å². The van der Waals surface area contributed by atoms with Crippen LogP contribution in [0.3, 0.4) is 0 Å². The van der Waals surface area contributed by atoms with Crippen molar-refractivity contribution in [2.24, 2.45) is 0 Å². The predicted molar refractivity (Wildman–Crippen MR) is 54.8 cm³/mol. The summed E-state index contributed by atoms with van der Waals surface area (Å²) in [6, 6.07) is -0.505. The maximum absolute atomic E-state index is 11.6. The lowest BCUT2D eigenvalue weighted by Gasteiger charge is -2.20. The number of carboxylic acids is 1. The first-order valence-electron chi connectivity index (χ1n) is 5.01. The maximum Gasteiger partial charge on any atom is 0.323 e. The first-order chi connectivity index (χ1) is 7.54. The fraction of sp³-hybridized carbons (Fsp3) is 0.667. The molecule has 0 atom stereocenters. The minimum absolute atomic E-state index is 0.000729. The zero-order valence-electron chi connectivity index (χ0n) is 9.02. The van der Waals surface area contributed by atoms with Crippen LogP contribution in [0, 0.1) is 0 Å². The average Bonchev–Trinajstić information content (AvgIpc) is 3.05. The Labute approximate surface area is 92.8 Å². The van der Waals surface area contributed by atoms with Crippen LogP contribution in [0.25, 0.3) is 0 Å². The summed E-state index contributed by atoms with van der Waals surface area (Å²) in [7, 11) is 1.46. The molecule has 1 rings (SSSR count). The number of carboxylic acid groups (broad SMARTS) is 1. The van der Waals surface area contributed by atoms with Gasteiger partial charge in [-0.25, -0.2) is 4.79 Å². The number of aliphatic carboxylic acids is 1. The number of amides is 3. The first-order valence-corrected chi connectivity index (χ1v) is 5.01. The van der Waals surface area contributed by atoms with Crippen LogP contribution in [0.5, 0.6) is 0 Å². The summed E-state index contributed by atoms with van der Waals surface area (Å²) in [6.45, 7) is -0.470. The third-order valence-electron chi connectivity index (χ3n) is 2.23. The first kappa shape index (κ1) is 12.3. The van der Waals surface area contributed by atoms with Crippen molar-refractivity contribution in [1.29, 1.82) is 0 Å². The Morgan fingerprint density at radius 2 is 2.00 bits per heavy atom. The molecule has 0 bridgehead atoms. The normalized spacial score (nSPS) is 14.1. The summed E-state index contributed by atoms with van der Waals surface area (Å²) >= 11 is 0. The molecule has 16 heavy (non-hydrogen) atoms. The van der Waals surface area contributed by atoms with E-state index in [1.165, 1.54) is 11.9 Å². The summed E-state index contributed by atoms with van der Waals surface area (Å²) in [5.41, 5.74) is 0. The Bertz CT molecular complexity index is 301. The lowest BCUT2D eigenvalue weighted by Crippen LogP contribution is -2.46. The van der Waals surface area contributed by atoms with E-state index >= 15 is 0 Å². The van der Waals surface area contributed by atoms with E-state index in [-0.39, 0.29) is 25.0 Å². The van der Waals surface area contributed by atoms with Gasteiger partial charge in [0.15, 0.2) is 0 Å². The summed E-state index contributed by atoms with van der Waals surface area (Å²) in [5, 5.41) is 13.4. The zero-order chi connectivity index (χ0) is 12.1. The Balaban J connectivity index is 2.41. The fourth-order valence-electron chi connectivity index (χ4n) is 1.24. The highest BCUT2D eigenvalue weighted by Crippen LogP contribution is 2.26. The largest absolute Gasteiger partial charge is 0.480 e. The molecule has 7 nitrogen and oxygen atoms in total. The van der Waals surface area contributed by atoms with E-state index in [0.717, 1.165) is 12.8 Å². The molecule has 0 radical (unpaired) electrons. The van der Waals surface area contributed by atoms with Gasteiger partial charge in [-0.1, -0.05) is 0 Å². The molecule has 0 unspecified atom stereocenters. The number of rotatable bonds is 5. The predicted octanol–water partition coefficient (Wildman–Crippen LogP) is -1.01. The molecule has 1 aliphatic rings. The molecule has 0 heterocycles. The highest BCUT2D eigenvalue weighted by atomic mass is 16.4. The fourth-order valence-corrected chi connectivity index (χ4v) is 1.24. The second kappa shape index (κ2) is 5.34. The van der Waals surface area contributed by atoms with Crippen LogP contribution in [-0.4, -0.2) is 54.1 Å². The molecular formula is C9H15N3O4. The molecule has 0 saturated heterocycles. The van der Waals surface area contributed by atoms with Gasteiger partial charge in [0.2, 0.25) is 5.91 Å². The van der Waals surface area contributed by atoms with Crippen LogP contribution < -0.4 is 10.6 Å². The highest BCUT2D eigenvalue weighted by molar-refractivity contribution is 5.85. The number of hydrogen-bond acceptors (Lipinski definition) is 3. The molecule has 1 aliphatic carbocycles. The van der Waals surface area contributed by atoms with E-state index in [9.17, 15) is 14.4 Å². The molecule has 7 heteroatoms. The van der Waals surface area contributed by atoms with Crippen molar-refractivity contribution < 1.29 is 19.5 Å². The van der Waals surface area contributed by atoms with Gasteiger partial charge >= 0.3 is 12.0 Å². The van der Waals surface area contributed by atoms with Gasteiger partial charge in [-0.2, -0.15) is 0 Å². The molecule has 3 N–H and O–H groups in total. The van der Waals surface area contributed by atoms with Crippen molar-refractivity contribution in [3.63, 3.8) is 0 Å². The molecule has 1 fully saturated rings. The maximum atomic E-state index is 11.6.